The molecule has 54 heavy (non-hydrogen) atoms. The van der Waals surface area contributed by atoms with Crippen molar-refractivity contribution in [2.75, 3.05) is 18.9 Å². The SMILES string of the molecule is Cc1cc2nc3c(=O)[nH]c(=O)[nH]c3[n+](C[C@H](O)[C@H](O)[C@H](O)COP(=O)(O)OP(=O)(O)OC[C@H]3O[C@@H](n4cnc5c(N)ncnc54)[C@H](O)[C@@H]3O)c2cc1CS. The number of phosphoric ester groups is 2. The smallest absolute Gasteiger partial charge is 0.388 e. The van der Waals surface area contributed by atoms with Crippen molar-refractivity contribution in [2.24, 2.45) is 0 Å². The summed E-state index contributed by atoms with van der Waals surface area (Å²) in [6, 6.07) is 3.29. The number of rotatable bonds is 14. The predicted octanol–water partition coefficient (Wildman–Crippen LogP) is -2.84. The number of aliphatic hydroxyl groups excluding tert-OH is 5. The van der Waals surface area contributed by atoms with Crippen LogP contribution in [0, 0.1) is 6.92 Å². The first-order chi connectivity index (χ1) is 25.4. The summed E-state index contributed by atoms with van der Waals surface area (Å²) in [5.41, 5.74) is 6.08. The fraction of sp³-hybridized carbons (Fsp3) is 0.444. The van der Waals surface area contributed by atoms with Gasteiger partial charge in [-0.1, -0.05) is 0 Å². The zero-order chi connectivity index (χ0) is 39.3. The number of benzene rings is 1. The summed E-state index contributed by atoms with van der Waals surface area (Å²) in [5.74, 6) is 0.319. The molecule has 5 aromatic rings. The summed E-state index contributed by atoms with van der Waals surface area (Å²) in [6.45, 7) is -0.980. The number of H-pyrrole nitrogens is 2. The van der Waals surface area contributed by atoms with E-state index in [2.05, 4.69) is 51.4 Å². The van der Waals surface area contributed by atoms with Gasteiger partial charge in [0.05, 0.1) is 19.5 Å². The molecule has 6 rings (SSSR count). The minimum absolute atomic E-state index is 0.0287. The number of nitrogen functional groups attached to an aromatic ring is 1. The van der Waals surface area contributed by atoms with Gasteiger partial charge in [0.2, 0.25) is 5.52 Å². The predicted molar refractivity (Wildman–Crippen MR) is 184 cm³/mol. The number of hydrogen-bond acceptors (Lipinski definition) is 19. The number of hydrogen-bond donors (Lipinski definition) is 11. The molecule has 0 saturated carbocycles. The first-order valence-electron chi connectivity index (χ1n) is 15.6. The van der Waals surface area contributed by atoms with Crippen LogP contribution in [-0.2, 0) is 39.5 Å². The highest BCUT2D eigenvalue weighted by Crippen LogP contribution is 2.60. The van der Waals surface area contributed by atoms with E-state index in [9.17, 15) is 54.0 Å². The lowest BCUT2D eigenvalue weighted by Crippen LogP contribution is -2.51. The van der Waals surface area contributed by atoms with E-state index in [1.807, 2.05) is 0 Å². The summed E-state index contributed by atoms with van der Waals surface area (Å²) in [7, 11) is -11.0. The van der Waals surface area contributed by atoms with Gasteiger partial charge in [-0.15, -0.1) is 0 Å². The maximum absolute atomic E-state index is 12.6. The minimum atomic E-state index is -5.55. The third-order valence-electron chi connectivity index (χ3n) is 8.47. The number of fused-ring (bicyclic) bond motifs is 3. The number of ether oxygens (including phenoxy) is 1. The van der Waals surface area contributed by atoms with Gasteiger partial charge in [0.1, 0.15) is 60.5 Å². The van der Waals surface area contributed by atoms with Gasteiger partial charge >= 0.3 is 27.0 Å². The Bertz CT molecular complexity index is 2430. The molecule has 292 valence electrons. The van der Waals surface area contributed by atoms with Crippen LogP contribution in [0.1, 0.15) is 17.4 Å². The number of anilines is 1. The van der Waals surface area contributed by atoms with E-state index in [0.29, 0.717) is 5.52 Å². The standard InChI is InChI=1S/C27H33N9O15P2S/c1-10-2-12-13(3-11(10)7-54)35(24-18(32-12)25(42)34-27(43)33-24)4-14(37)19(39)15(38)5-48-52(44,45)51-53(46,47)49-6-16-20(40)21(41)26(50-16)36-9-31-17-22(28)29-8-30-23(17)36/h2-3,8-9,14-16,19-21,26,37-41H,4-7H2,1H3,(H6,28,29,30,34,42,43,44,45,46,47,54)/p+1/t14-,15+,16+,19-,20+,21+,26+/m0/s1. The zero-order valence-corrected chi connectivity index (χ0v) is 30.4. The molecular weight excluding hydrogens is 784 g/mol. The quantitative estimate of drug-likeness (QED) is 0.0233. The molecule has 1 saturated heterocycles. The number of nitrogens with one attached hydrogen (secondary N) is 2. The molecule has 1 aliphatic heterocycles. The highest BCUT2D eigenvalue weighted by molar-refractivity contribution is 7.79. The third-order valence-corrected chi connectivity index (χ3v) is 11.4. The van der Waals surface area contributed by atoms with Gasteiger partial charge in [-0.2, -0.15) is 21.9 Å². The lowest BCUT2D eigenvalue weighted by atomic mass is 10.1. The molecule has 24 nitrogen and oxygen atoms in total. The minimum Gasteiger partial charge on any atom is -0.388 e. The van der Waals surface area contributed by atoms with Crippen LogP contribution in [0.5, 0.6) is 0 Å². The molecule has 0 radical (unpaired) electrons. The van der Waals surface area contributed by atoms with Gasteiger partial charge in [0, 0.05) is 5.75 Å². The number of aliphatic hydroxyl groups is 5. The fourth-order valence-corrected chi connectivity index (χ4v) is 8.15. The molecule has 1 aromatic carbocycles. The van der Waals surface area contributed by atoms with E-state index < -0.39 is 89.5 Å². The lowest BCUT2D eigenvalue weighted by molar-refractivity contribution is -0.657. The van der Waals surface area contributed by atoms with Crippen LogP contribution in [0.2, 0.25) is 0 Å². The molecule has 0 spiro atoms. The number of aromatic nitrogens is 8. The van der Waals surface area contributed by atoms with E-state index in [4.69, 9.17) is 15.0 Å². The Morgan fingerprint density at radius 3 is 2.48 bits per heavy atom. The molecule has 5 heterocycles. The summed E-state index contributed by atoms with van der Waals surface area (Å²) >= 11 is 4.30. The Balaban J connectivity index is 1.08. The first-order valence-corrected chi connectivity index (χ1v) is 19.3. The van der Waals surface area contributed by atoms with Crippen LogP contribution in [0.15, 0.2) is 34.4 Å². The molecule has 2 unspecified atom stereocenters. The number of aryl methyl sites for hydroxylation is 1. The second-order valence-corrected chi connectivity index (χ2v) is 15.5. The number of nitrogens with two attached hydrogens (primary N) is 1. The maximum atomic E-state index is 12.6. The Morgan fingerprint density at radius 1 is 1.04 bits per heavy atom. The summed E-state index contributed by atoms with van der Waals surface area (Å²) < 4.78 is 46.7. The van der Waals surface area contributed by atoms with Gasteiger partial charge in [-0.3, -0.25) is 23.4 Å². The van der Waals surface area contributed by atoms with Crippen LogP contribution < -0.4 is 21.5 Å². The van der Waals surface area contributed by atoms with Crippen molar-refractivity contribution in [2.45, 2.75) is 62.1 Å². The Morgan fingerprint density at radius 2 is 1.76 bits per heavy atom. The number of aromatic amines is 2. The number of phosphoric acid groups is 2. The monoisotopic (exact) mass is 818 g/mol. The van der Waals surface area contributed by atoms with Crippen LogP contribution in [0.4, 0.5) is 5.82 Å². The summed E-state index contributed by atoms with van der Waals surface area (Å²) in [6.07, 6.45) is -9.94. The van der Waals surface area contributed by atoms with E-state index in [1.54, 1.807) is 19.1 Å². The topological polar surface area (TPSA) is 365 Å². The van der Waals surface area contributed by atoms with Crippen molar-refractivity contribution in [1.29, 1.82) is 0 Å². The Labute approximate surface area is 306 Å². The highest BCUT2D eigenvalue weighted by Gasteiger charge is 2.46. The molecule has 9 atom stereocenters. The van der Waals surface area contributed by atoms with Crippen LogP contribution in [0.25, 0.3) is 33.4 Å². The zero-order valence-electron chi connectivity index (χ0n) is 27.7. The van der Waals surface area contributed by atoms with Crippen LogP contribution in [0.3, 0.4) is 0 Å². The number of thiol groups is 1. The fourth-order valence-electron chi connectivity index (χ4n) is 5.72. The van der Waals surface area contributed by atoms with Crippen molar-refractivity contribution in [3.8, 4) is 0 Å². The molecule has 1 aliphatic rings. The van der Waals surface area contributed by atoms with Crippen molar-refractivity contribution < 1.29 is 67.1 Å². The van der Waals surface area contributed by atoms with Gasteiger partial charge in [0.25, 0.3) is 5.56 Å². The molecular formula is C27H34N9O15P2S+. The van der Waals surface area contributed by atoms with E-state index in [0.717, 1.165) is 17.5 Å². The van der Waals surface area contributed by atoms with Gasteiger partial charge in [-0.05, 0) is 30.2 Å². The van der Waals surface area contributed by atoms with Crippen molar-refractivity contribution in [3.63, 3.8) is 0 Å². The molecule has 0 bridgehead atoms. The average molecular weight is 819 g/mol. The number of nitrogens with zero attached hydrogens (tertiary/aromatic N) is 6. The maximum Gasteiger partial charge on any atom is 0.481 e. The van der Waals surface area contributed by atoms with E-state index in [-0.39, 0.29) is 39.4 Å². The van der Waals surface area contributed by atoms with Crippen molar-refractivity contribution in [3.05, 3.63) is 56.8 Å². The van der Waals surface area contributed by atoms with Crippen molar-refractivity contribution in [1.82, 2.24) is 34.5 Å². The van der Waals surface area contributed by atoms with Gasteiger partial charge in [-0.25, -0.2) is 38.4 Å². The molecule has 27 heteroatoms. The second kappa shape index (κ2) is 15.4. The number of imidazole rings is 1. The van der Waals surface area contributed by atoms with E-state index in [1.165, 1.54) is 15.5 Å². The van der Waals surface area contributed by atoms with Gasteiger partial charge < -0.3 is 45.8 Å². The molecule has 0 amide bonds. The molecule has 0 aliphatic carbocycles. The normalized spacial score (nSPS) is 23.1. The second-order valence-electron chi connectivity index (χ2n) is 12.1. The molecule has 11 N–H and O–H groups in total. The Kier molecular flexibility index (Phi) is 11.4. The molecule has 1 fully saturated rings. The lowest BCUT2D eigenvalue weighted by Gasteiger charge is -2.24. The van der Waals surface area contributed by atoms with E-state index >= 15 is 0 Å². The summed E-state index contributed by atoms with van der Waals surface area (Å²) in [5, 5.41) is 53.2. The molecule has 4 aromatic heterocycles. The third kappa shape index (κ3) is 8.10. The average Bonchev–Trinajstić information content (AvgIpc) is 3.66. The highest BCUT2D eigenvalue weighted by atomic mass is 32.1. The van der Waals surface area contributed by atoms with Crippen LogP contribution in [-0.4, -0.2) is 120 Å². The Hall–Kier alpha value is -3.78. The largest absolute Gasteiger partial charge is 0.481 e. The van der Waals surface area contributed by atoms with Crippen molar-refractivity contribution >= 4 is 67.5 Å². The summed E-state index contributed by atoms with van der Waals surface area (Å²) in [4.78, 5) is 65.6. The van der Waals surface area contributed by atoms with Crippen LogP contribution >= 0.6 is 28.3 Å². The van der Waals surface area contributed by atoms with Gasteiger partial charge in [0.15, 0.2) is 23.2 Å². The first kappa shape index (κ1) is 39.9.